The maximum absolute atomic E-state index is 12.2. The smallest absolute Gasteiger partial charge is 0.243 e. The molecule has 0 radical (unpaired) electrons. The summed E-state index contributed by atoms with van der Waals surface area (Å²) in [5, 5.41) is 3.84. The molecular weight excluding hydrogens is 340 g/mol. The molecule has 2 N–H and O–H groups in total. The first-order valence-corrected chi connectivity index (χ1v) is 8.70. The Hall–Kier alpha value is -1.48. The van der Waals surface area contributed by atoms with Crippen LogP contribution in [0.25, 0.3) is 11.4 Å². The first-order chi connectivity index (χ1) is 10.5. The van der Waals surface area contributed by atoms with Gasteiger partial charge in [0.25, 0.3) is 0 Å². The summed E-state index contributed by atoms with van der Waals surface area (Å²) in [6.07, 6.45) is 0. The molecule has 0 unspecified atom stereocenters. The summed E-state index contributed by atoms with van der Waals surface area (Å²) in [5.74, 6) is 0.167. The van der Waals surface area contributed by atoms with Gasteiger partial charge in [-0.05, 0) is 5.56 Å². The molecule has 0 aliphatic carbocycles. The van der Waals surface area contributed by atoms with Gasteiger partial charge in [-0.2, -0.15) is 4.98 Å². The Morgan fingerprint density at radius 3 is 2.30 bits per heavy atom. The van der Waals surface area contributed by atoms with E-state index in [1.165, 1.54) is 4.31 Å². The number of hydrogen-bond donors (Lipinski definition) is 1. The van der Waals surface area contributed by atoms with Crippen LogP contribution in [0.2, 0.25) is 0 Å². The van der Waals surface area contributed by atoms with Gasteiger partial charge in [-0.1, -0.05) is 43.3 Å². The molecule has 0 aliphatic rings. The predicted octanol–water partition coefficient (Wildman–Crippen LogP) is 1.79. The molecule has 23 heavy (non-hydrogen) atoms. The summed E-state index contributed by atoms with van der Waals surface area (Å²) in [6, 6.07) is 7.40. The van der Waals surface area contributed by atoms with Gasteiger partial charge in [0.05, 0.1) is 0 Å². The number of nitrogens with zero attached hydrogens (tertiary/aromatic N) is 3. The third kappa shape index (κ3) is 4.74. The van der Waals surface area contributed by atoms with Gasteiger partial charge >= 0.3 is 0 Å². The van der Waals surface area contributed by atoms with E-state index in [0.29, 0.717) is 25.5 Å². The molecule has 0 aliphatic heterocycles. The summed E-state index contributed by atoms with van der Waals surface area (Å²) in [5.41, 5.74) is 7.30. The first kappa shape index (κ1) is 19.6. The molecule has 1 heterocycles. The van der Waals surface area contributed by atoms with Crippen molar-refractivity contribution in [1.29, 1.82) is 0 Å². The topological polar surface area (TPSA) is 102 Å². The Kier molecular flexibility index (Phi) is 7.14. The highest BCUT2D eigenvalue weighted by molar-refractivity contribution is 7.88. The highest BCUT2D eigenvalue weighted by Gasteiger charge is 2.23. The van der Waals surface area contributed by atoms with Crippen molar-refractivity contribution in [3.63, 3.8) is 0 Å². The molecule has 0 atom stereocenters. The Balaban J connectivity index is 0.00000264. The van der Waals surface area contributed by atoms with Crippen LogP contribution < -0.4 is 5.73 Å². The summed E-state index contributed by atoms with van der Waals surface area (Å²) in [7, 11) is -3.43. The summed E-state index contributed by atoms with van der Waals surface area (Å²) < 4.78 is 30.8. The number of rotatable bonds is 7. The molecule has 0 amide bonds. The van der Waals surface area contributed by atoms with Crippen LogP contribution >= 0.6 is 12.4 Å². The first-order valence-electron chi connectivity index (χ1n) is 7.10. The molecule has 1 aromatic heterocycles. The third-order valence-electron chi connectivity index (χ3n) is 3.32. The quantitative estimate of drug-likeness (QED) is 0.807. The SMILES string of the molecule is CCN(CC)S(=O)(=O)Cc1nc(-c2ccc(CN)cc2)no1.Cl. The minimum absolute atomic E-state index is 0. The minimum Gasteiger partial charge on any atom is -0.338 e. The normalized spacial score (nSPS) is 11.5. The van der Waals surface area contributed by atoms with E-state index in [0.717, 1.165) is 11.1 Å². The van der Waals surface area contributed by atoms with Crippen LogP contribution in [0.15, 0.2) is 28.8 Å². The Bertz CT molecular complexity index is 712. The molecule has 1 aromatic carbocycles. The van der Waals surface area contributed by atoms with Crippen molar-refractivity contribution in [2.75, 3.05) is 13.1 Å². The van der Waals surface area contributed by atoms with Crippen molar-refractivity contribution in [3.05, 3.63) is 35.7 Å². The van der Waals surface area contributed by atoms with Crippen LogP contribution in [-0.2, 0) is 22.3 Å². The molecule has 0 saturated carbocycles. The number of benzene rings is 1. The van der Waals surface area contributed by atoms with Gasteiger partial charge in [-0.25, -0.2) is 12.7 Å². The van der Waals surface area contributed by atoms with E-state index < -0.39 is 10.0 Å². The van der Waals surface area contributed by atoms with Crippen LogP contribution in [0.5, 0.6) is 0 Å². The average Bonchev–Trinajstić information content (AvgIpc) is 2.96. The van der Waals surface area contributed by atoms with Gasteiger partial charge in [-0.15, -0.1) is 12.4 Å². The highest BCUT2D eigenvalue weighted by atomic mass is 35.5. The lowest BCUT2D eigenvalue weighted by atomic mass is 10.1. The second kappa shape index (κ2) is 8.39. The zero-order valence-electron chi connectivity index (χ0n) is 13.1. The Labute approximate surface area is 142 Å². The molecule has 2 rings (SSSR count). The van der Waals surface area contributed by atoms with Gasteiger partial charge in [0.2, 0.25) is 21.7 Å². The fourth-order valence-corrected chi connectivity index (χ4v) is 3.48. The number of nitrogens with two attached hydrogens (primary N) is 1. The van der Waals surface area contributed by atoms with Crippen molar-refractivity contribution in [3.8, 4) is 11.4 Å². The number of halogens is 1. The van der Waals surface area contributed by atoms with Crippen molar-refractivity contribution in [1.82, 2.24) is 14.4 Å². The monoisotopic (exact) mass is 360 g/mol. The van der Waals surface area contributed by atoms with Crippen molar-refractivity contribution in [2.24, 2.45) is 5.73 Å². The predicted molar refractivity (Wildman–Crippen MR) is 90.4 cm³/mol. The molecule has 128 valence electrons. The van der Waals surface area contributed by atoms with Crippen LogP contribution in [0.4, 0.5) is 0 Å². The van der Waals surface area contributed by atoms with Crippen LogP contribution in [0.3, 0.4) is 0 Å². The summed E-state index contributed by atoms with van der Waals surface area (Å²) >= 11 is 0. The standard InChI is InChI=1S/C14H20N4O3S.ClH/c1-3-18(4-2)22(19,20)10-13-16-14(17-21-13)12-7-5-11(9-15)6-8-12;/h5-8H,3-4,9-10,15H2,1-2H3;1H. The highest BCUT2D eigenvalue weighted by Crippen LogP contribution is 2.18. The largest absolute Gasteiger partial charge is 0.338 e. The average molecular weight is 361 g/mol. The number of hydrogen-bond acceptors (Lipinski definition) is 6. The van der Waals surface area contributed by atoms with Crippen LogP contribution in [0.1, 0.15) is 25.3 Å². The lowest BCUT2D eigenvalue weighted by molar-refractivity contribution is 0.382. The number of aromatic nitrogens is 2. The maximum atomic E-state index is 12.2. The fourth-order valence-electron chi connectivity index (χ4n) is 2.08. The van der Waals surface area contributed by atoms with Crippen LogP contribution in [0, 0.1) is 0 Å². The second-order valence-electron chi connectivity index (χ2n) is 4.75. The lowest BCUT2D eigenvalue weighted by Crippen LogP contribution is -2.31. The molecule has 0 fully saturated rings. The van der Waals surface area contributed by atoms with Gasteiger partial charge in [-0.3, -0.25) is 0 Å². The van der Waals surface area contributed by atoms with Crippen molar-refractivity contribution in [2.45, 2.75) is 26.1 Å². The fraction of sp³-hybridized carbons (Fsp3) is 0.429. The van der Waals surface area contributed by atoms with Crippen LogP contribution in [-0.4, -0.2) is 36.0 Å². The van der Waals surface area contributed by atoms with Gasteiger partial charge in [0, 0.05) is 25.2 Å². The molecule has 0 spiro atoms. The number of sulfonamides is 1. The second-order valence-corrected chi connectivity index (χ2v) is 6.72. The van der Waals surface area contributed by atoms with Crippen molar-refractivity contribution >= 4 is 22.4 Å². The molecule has 0 saturated heterocycles. The molecule has 9 heteroatoms. The lowest BCUT2D eigenvalue weighted by Gasteiger charge is -2.16. The van der Waals surface area contributed by atoms with E-state index in [1.54, 1.807) is 13.8 Å². The molecule has 0 bridgehead atoms. The molecular formula is C14H21ClN4O3S. The minimum atomic E-state index is -3.43. The summed E-state index contributed by atoms with van der Waals surface area (Å²) in [6.45, 7) is 4.87. The Morgan fingerprint density at radius 2 is 1.78 bits per heavy atom. The van der Waals surface area contributed by atoms with Crippen molar-refractivity contribution < 1.29 is 12.9 Å². The van der Waals surface area contributed by atoms with E-state index in [-0.39, 0.29) is 24.1 Å². The maximum Gasteiger partial charge on any atom is 0.243 e. The van der Waals surface area contributed by atoms with E-state index >= 15 is 0 Å². The zero-order valence-corrected chi connectivity index (χ0v) is 14.7. The van der Waals surface area contributed by atoms with E-state index in [9.17, 15) is 8.42 Å². The molecule has 7 nitrogen and oxygen atoms in total. The van der Waals surface area contributed by atoms with E-state index in [1.807, 2.05) is 24.3 Å². The third-order valence-corrected chi connectivity index (χ3v) is 5.24. The van der Waals surface area contributed by atoms with E-state index in [2.05, 4.69) is 10.1 Å². The van der Waals surface area contributed by atoms with Gasteiger partial charge in [0.1, 0.15) is 5.75 Å². The van der Waals surface area contributed by atoms with E-state index in [4.69, 9.17) is 10.3 Å². The summed E-state index contributed by atoms with van der Waals surface area (Å²) in [4.78, 5) is 4.16. The zero-order chi connectivity index (χ0) is 16.2. The van der Waals surface area contributed by atoms with Gasteiger partial charge < -0.3 is 10.3 Å². The molecule has 2 aromatic rings. The Morgan fingerprint density at radius 1 is 1.17 bits per heavy atom. The van der Waals surface area contributed by atoms with Gasteiger partial charge in [0.15, 0.2) is 0 Å².